The van der Waals surface area contributed by atoms with Crippen LogP contribution < -0.4 is 21.4 Å². The van der Waals surface area contributed by atoms with Crippen LogP contribution >= 0.6 is 0 Å². The van der Waals surface area contributed by atoms with Crippen molar-refractivity contribution < 1.29 is 0 Å². The summed E-state index contributed by atoms with van der Waals surface area (Å²) >= 11 is 0. The molecule has 0 bridgehead atoms. The minimum Gasteiger partial charge on any atom is -0.338 e. The average molecular weight is 614 g/mol. The molecular weight excluding hydrogens is 573 g/mol. The summed E-state index contributed by atoms with van der Waals surface area (Å²) in [5.74, 6) is 1.95. The molecule has 5 aromatic carbocycles. The molecule has 0 radical (unpaired) electrons. The smallest absolute Gasteiger partial charge is 0.242 e. The van der Waals surface area contributed by atoms with E-state index in [0.29, 0.717) is 6.67 Å². The molecule has 232 valence electrons. The summed E-state index contributed by atoms with van der Waals surface area (Å²) in [6.45, 7) is 9.50. The third-order valence-electron chi connectivity index (χ3n) is 9.28. The molecule has 0 fully saturated rings. The van der Waals surface area contributed by atoms with Gasteiger partial charge in [-0.2, -0.15) is 5.10 Å². The van der Waals surface area contributed by atoms with Gasteiger partial charge in [-0.05, 0) is 39.8 Å². The molecule has 0 saturated carbocycles. The zero-order valence-corrected chi connectivity index (χ0v) is 28.1. The van der Waals surface area contributed by atoms with Crippen LogP contribution in [-0.2, 0) is 7.05 Å². The second kappa shape index (κ2) is 12.4. The van der Waals surface area contributed by atoms with Crippen molar-refractivity contribution in [1.82, 2.24) is 14.5 Å². The fraction of sp³-hybridized carbons (Fsp3) is 0.171. The summed E-state index contributed by atoms with van der Waals surface area (Å²) in [5, 5.41) is 7.17. The molecule has 47 heavy (non-hydrogen) atoms. The van der Waals surface area contributed by atoms with Gasteiger partial charge in [0.15, 0.2) is 5.84 Å². The highest BCUT2D eigenvalue weighted by Crippen LogP contribution is 2.29. The minimum atomic E-state index is 0.0309. The van der Waals surface area contributed by atoms with E-state index in [0.717, 1.165) is 39.9 Å². The van der Waals surface area contributed by atoms with E-state index in [4.69, 9.17) is 10.1 Å². The first-order chi connectivity index (χ1) is 22.8. The fourth-order valence-electron chi connectivity index (χ4n) is 7.28. The van der Waals surface area contributed by atoms with E-state index in [1.54, 1.807) is 0 Å². The maximum atomic E-state index is 5.09. The molecule has 0 atom stereocenters. The fourth-order valence-corrected chi connectivity index (χ4v) is 7.28. The first-order valence-corrected chi connectivity index (χ1v) is 16.3. The van der Waals surface area contributed by atoms with Crippen LogP contribution in [0.2, 0.25) is 0 Å². The predicted molar refractivity (Wildman–Crippen MR) is 199 cm³/mol. The predicted octanol–water partition coefficient (Wildman–Crippen LogP) is 6.58. The highest BCUT2D eigenvalue weighted by atomic mass is 15.6. The van der Waals surface area contributed by atoms with E-state index < -0.39 is 0 Å². The monoisotopic (exact) mass is 613 g/mol. The Hall–Kier alpha value is -5.36. The second-order valence-corrected chi connectivity index (χ2v) is 12.8. The van der Waals surface area contributed by atoms with E-state index in [1.165, 1.54) is 38.6 Å². The molecule has 6 aromatic rings. The molecule has 1 aliphatic rings. The van der Waals surface area contributed by atoms with Gasteiger partial charge < -0.3 is 9.47 Å². The molecule has 2 heterocycles. The van der Waals surface area contributed by atoms with E-state index in [9.17, 15) is 0 Å². The van der Waals surface area contributed by atoms with Gasteiger partial charge in [-0.15, -0.1) is 0 Å². The summed E-state index contributed by atoms with van der Waals surface area (Å²) in [5.41, 5.74) is 14.4. The molecule has 6 heteroatoms. The van der Waals surface area contributed by atoms with Gasteiger partial charge in [0.1, 0.15) is 12.5 Å². The molecule has 0 N–H and O–H groups in total. The number of hydrazone groups is 1. The van der Waals surface area contributed by atoms with Gasteiger partial charge in [-0.1, -0.05) is 142 Å². The van der Waals surface area contributed by atoms with Gasteiger partial charge in [-0.25, -0.2) is 9.99 Å². The van der Waals surface area contributed by atoms with Crippen molar-refractivity contribution in [1.29, 1.82) is 0 Å². The zero-order valence-electron chi connectivity index (χ0n) is 28.1. The third kappa shape index (κ3) is 5.76. The van der Waals surface area contributed by atoms with Crippen LogP contribution in [0.1, 0.15) is 27.9 Å². The van der Waals surface area contributed by atoms with Crippen molar-refractivity contribution in [3.8, 4) is 22.6 Å². The SMILES string of the molecule is Cc1cc(C)c(B(c2cccc(-c3nc(C)c(-c4ccccc4)n3C)c2)c2cccc(N3CN(C)C(c4ccccc4)=N3)c2)c(C)c1. The summed E-state index contributed by atoms with van der Waals surface area (Å²) in [4.78, 5) is 7.30. The number of aryl methyl sites for hydroxylation is 4. The zero-order chi connectivity index (χ0) is 32.7. The Bertz CT molecular complexity index is 2080. The normalized spacial score (nSPS) is 12.9. The lowest BCUT2D eigenvalue weighted by Crippen LogP contribution is -2.54. The van der Waals surface area contributed by atoms with Crippen molar-refractivity contribution in [2.45, 2.75) is 27.7 Å². The number of nitrogens with zero attached hydrogens (tertiary/aromatic N) is 5. The third-order valence-corrected chi connectivity index (χ3v) is 9.28. The van der Waals surface area contributed by atoms with Gasteiger partial charge in [0.2, 0.25) is 6.71 Å². The first kappa shape index (κ1) is 30.3. The number of imidazole rings is 1. The summed E-state index contributed by atoms with van der Waals surface area (Å²) in [7, 11) is 4.22. The standard InChI is InChI=1S/C41H40BN5/c1-28-23-29(2)38(30(3)24-28)42(36-21-14-22-37(26-36)47-27-45(5)41(44-47)33-17-11-8-12-18-33)35-20-13-19-34(25-35)40-43-31(4)39(46(40)6)32-15-9-7-10-16-32/h7-26H,27H2,1-6H3. The van der Waals surface area contributed by atoms with Crippen LogP contribution in [0, 0.1) is 27.7 Å². The number of rotatable bonds is 7. The van der Waals surface area contributed by atoms with E-state index >= 15 is 0 Å². The molecule has 1 aromatic heterocycles. The van der Waals surface area contributed by atoms with E-state index in [1.807, 2.05) is 6.07 Å². The van der Waals surface area contributed by atoms with E-state index in [-0.39, 0.29) is 6.71 Å². The molecular formula is C41H40BN5. The van der Waals surface area contributed by atoms with Crippen LogP contribution in [0.3, 0.4) is 0 Å². The topological polar surface area (TPSA) is 36.7 Å². The van der Waals surface area contributed by atoms with Crippen molar-refractivity contribution in [2.75, 3.05) is 18.7 Å². The van der Waals surface area contributed by atoms with Gasteiger partial charge in [-0.3, -0.25) is 0 Å². The molecule has 0 saturated heterocycles. The number of benzene rings is 5. The Labute approximate surface area is 278 Å². The van der Waals surface area contributed by atoms with E-state index in [2.05, 4.69) is 172 Å². The highest BCUT2D eigenvalue weighted by molar-refractivity contribution is 6.96. The molecule has 7 rings (SSSR count). The number of aromatic nitrogens is 2. The lowest BCUT2D eigenvalue weighted by molar-refractivity contribution is 0.539. The molecule has 0 aliphatic carbocycles. The average Bonchev–Trinajstić information content (AvgIpc) is 3.61. The summed E-state index contributed by atoms with van der Waals surface area (Å²) in [6.07, 6.45) is 0. The number of anilines is 1. The number of hydrogen-bond donors (Lipinski definition) is 0. The Kier molecular flexibility index (Phi) is 8.03. The molecule has 0 spiro atoms. The first-order valence-electron chi connectivity index (χ1n) is 16.3. The van der Waals surface area contributed by atoms with Crippen molar-refractivity contribution in [2.24, 2.45) is 12.1 Å². The van der Waals surface area contributed by atoms with Gasteiger partial charge in [0.05, 0.1) is 17.1 Å². The van der Waals surface area contributed by atoms with Crippen molar-refractivity contribution >= 4 is 34.6 Å². The quantitative estimate of drug-likeness (QED) is 0.191. The largest absolute Gasteiger partial charge is 0.338 e. The van der Waals surface area contributed by atoms with Gasteiger partial charge in [0.25, 0.3) is 0 Å². The Morgan fingerprint density at radius 3 is 1.89 bits per heavy atom. The summed E-state index contributed by atoms with van der Waals surface area (Å²) < 4.78 is 2.23. The Balaban J connectivity index is 1.34. The van der Waals surface area contributed by atoms with Crippen molar-refractivity contribution in [3.05, 3.63) is 149 Å². The maximum Gasteiger partial charge on any atom is 0.242 e. The number of hydrogen-bond acceptors (Lipinski definition) is 4. The Morgan fingerprint density at radius 1 is 0.617 bits per heavy atom. The lowest BCUT2D eigenvalue weighted by Gasteiger charge is -2.23. The highest BCUT2D eigenvalue weighted by Gasteiger charge is 2.28. The van der Waals surface area contributed by atoms with Crippen LogP contribution in [0.5, 0.6) is 0 Å². The summed E-state index contributed by atoms with van der Waals surface area (Å²) in [6, 6.07) is 43.4. The number of amidine groups is 1. The molecule has 5 nitrogen and oxygen atoms in total. The second-order valence-electron chi connectivity index (χ2n) is 12.8. The van der Waals surface area contributed by atoms with Crippen LogP contribution in [-0.4, -0.2) is 40.7 Å². The van der Waals surface area contributed by atoms with Gasteiger partial charge >= 0.3 is 0 Å². The van der Waals surface area contributed by atoms with Crippen LogP contribution in [0.15, 0.2) is 126 Å². The maximum absolute atomic E-state index is 5.09. The molecule has 0 unspecified atom stereocenters. The Morgan fingerprint density at radius 2 is 1.21 bits per heavy atom. The lowest BCUT2D eigenvalue weighted by atomic mass is 9.35. The molecule has 1 aliphatic heterocycles. The van der Waals surface area contributed by atoms with Crippen molar-refractivity contribution in [3.63, 3.8) is 0 Å². The minimum absolute atomic E-state index is 0.0309. The van der Waals surface area contributed by atoms with Crippen LogP contribution in [0.25, 0.3) is 22.6 Å². The van der Waals surface area contributed by atoms with Crippen LogP contribution in [0.4, 0.5) is 5.69 Å². The molecule has 0 amide bonds. The van der Waals surface area contributed by atoms with Gasteiger partial charge in [0, 0.05) is 30.8 Å².